The Balaban J connectivity index is 1.67. The van der Waals surface area contributed by atoms with Crippen molar-refractivity contribution in [1.29, 1.82) is 0 Å². The van der Waals surface area contributed by atoms with Crippen LogP contribution in [0, 0.1) is 29.4 Å². The van der Waals surface area contributed by atoms with Crippen molar-refractivity contribution in [2.75, 3.05) is 44.5 Å². The second-order valence-electron chi connectivity index (χ2n) is 19.0. The molecule has 0 bridgehead atoms. The third kappa shape index (κ3) is 11.5. The van der Waals surface area contributed by atoms with E-state index in [2.05, 4.69) is 32.3 Å². The summed E-state index contributed by atoms with van der Waals surface area (Å²) in [5.41, 5.74) is -5.87. The predicted molar refractivity (Wildman–Crippen MR) is 245 cm³/mol. The second kappa shape index (κ2) is 18.9. The lowest BCUT2D eigenvalue weighted by Crippen LogP contribution is -2.48. The number of nitrogens with zero attached hydrogens (tertiary/aromatic N) is 7. The molecule has 2 aromatic carbocycles. The fourth-order valence-corrected chi connectivity index (χ4v) is 9.44. The molecule has 72 heavy (non-hydrogen) atoms. The number of fused-ring (bicyclic) bond motifs is 2. The number of nitrogens with one attached hydrogen (secondary N) is 1. The van der Waals surface area contributed by atoms with Gasteiger partial charge in [-0.3, -0.25) is 19.0 Å². The zero-order valence-electron chi connectivity index (χ0n) is 39.7. The van der Waals surface area contributed by atoms with Gasteiger partial charge in [0, 0.05) is 34.9 Å². The van der Waals surface area contributed by atoms with Gasteiger partial charge in [0.2, 0.25) is 15.9 Å². The van der Waals surface area contributed by atoms with E-state index in [4.69, 9.17) is 11.6 Å². The van der Waals surface area contributed by atoms with E-state index in [9.17, 15) is 61.5 Å². The Kier molecular flexibility index (Phi) is 14.6. The van der Waals surface area contributed by atoms with Crippen molar-refractivity contribution >= 4 is 60.0 Å². The number of alkyl halides is 8. The molecule has 27 heteroatoms. The summed E-state index contributed by atoms with van der Waals surface area (Å²) in [6.45, 7) is 0.867. The highest BCUT2D eigenvalue weighted by molar-refractivity contribution is 7.93. The van der Waals surface area contributed by atoms with Crippen molar-refractivity contribution in [2.24, 2.45) is 5.92 Å². The van der Waals surface area contributed by atoms with Gasteiger partial charge in [-0.15, -0.1) is 0 Å². The molecule has 1 N–H and O–H groups in total. The molecule has 3 aromatic heterocycles. The summed E-state index contributed by atoms with van der Waals surface area (Å²) < 4.78 is 199. The van der Waals surface area contributed by atoms with Gasteiger partial charge in [0.1, 0.15) is 40.9 Å². The monoisotopic (exact) mass is 1080 g/mol. The van der Waals surface area contributed by atoms with Crippen LogP contribution < -0.4 is 9.62 Å². The fourth-order valence-electron chi connectivity index (χ4n) is 8.10. The van der Waals surface area contributed by atoms with Gasteiger partial charge < -0.3 is 9.80 Å². The molecule has 3 atom stereocenters. The minimum absolute atomic E-state index is 0.161. The largest absolute Gasteiger partial charge is 0.435 e. The third-order valence-corrected chi connectivity index (χ3v) is 15.1. The van der Waals surface area contributed by atoms with Crippen LogP contribution in [0.5, 0.6) is 0 Å². The van der Waals surface area contributed by atoms with Crippen molar-refractivity contribution < 1.29 is 74.8 Å². The molecule has 0 spiro atoms. The normalized spacial score (nSPS) is 16.8. The van der Waals surface area contributed by atoms with Gasteiger partial charge >= 0.3 is 12.4 Å². The number of hydrogen-bond donors (Lipinski definition) is 1. The number of quaternary nitrogens is 1. The summed E-state index contributed by atoms with van der Waals surface area (Å²) in [7, 11) is -4.02. The van der Waals surface area contributed by atoms with Crippen molar-refractivity contribution in [1.82, 2.24) is 29.9 Å². The molecule has 390 valence electrons. The molecule has 2 amide bonds. The number of sulfonamides is 1. The molecule has 1 aliphatic rings. The minimum atomic E-state index is -5.25. The number of pyridine rings is 1. The van der Waals surface area contributed by atoms with Crippen LogP contribution in [-0.2, 0) is 61.1 Å². The van der Waals surface area contributed by atoms with Crippen molar-refractivity contribution in [3.8, 4) is 23.0 Å². The maximum absolute atomic E-state index is 15.8. The molecule has 6 rings (SSSR count). The summed E-state index contributed by atoms with van der Waals surface area (Å²) >= 11 is 6.66. The topological polar surface area (TPSA) is 166 Å². The van der Waals surface area contributed by atoms with Crippen molar-refractivity contribution in [2.45, 2.75) is 82.2 Å². The molecule has 14 nitrogen and oxygen atoms in total. The first-order chi connectivity index (χ1) is 32.7. The summed E-state index contributed by atoms with van der Waals surface area (Å²) in [4.78, 5) is 32.6. The van der Waals surface area contributed by atoms with E-state index in [0.29, 0.717) is 17.0 Å². The molecule has 0 unspecified atom stereocenters. The fraction of sp³-hybridized carbons (Fsp3) is 0.444. The average molecular weight is 1080 g/mol. The van der Waals surface area contributed by atoms with E-state index in [1.807, 2.05) is 0 Å². The molecule has 5 aromatic rings. The molecule has 0 aliphatic heterocycles. The van der Waals surface area contributed by atoms with Crippen LogP contribution in [0.3, 0.4) is 0 Å². The molecule has 3 heterocycles. The Bertz CT molecular complexity index is 3280. The Morgan fingerprint density at radius 3 is 2.06 bits per heavy atom. The molecule has 0 saturated heterocycles. The van der Waals surface area contributed by atoms with Gasteiger partial charge in [-0.1, -0.05) is 37.4 Å². The lowest BCUT2D eigenvalue weighted by atomic mass is 9.93. The van der Waals surface area contributed by atoms with Crippen LogP contribution in [-0.4, -0.2) is 109 Å². The van der Waals surface area contributed by atoms with Crippen LogP contribution >= 0.6 is 11.6 Å². The molecule has 0 fully saturated rings. The number of aromatic nitrogens is 5. The molecule has 1 aliphatic carbocycles. The number of rotatable bonds is 13. The Morgan fingerprint density at radius 1 is 0.917 bits per heavy atom. The summed E-state index contributed by atoms with van der Waals surface area (Å²) in [6, 6.07) is 4.92. The highest BCUT2D eigenvalue weighted by atomic mass is 35.5. The van der Waals surface area contributed by atoms with Gasteiger partial charge in [0.05, 0.1) is 55.1 Å². The highest BCUT2D eigenvalue weighted by Gasteiger charge is 2.57. The SMILES string of the molecule is C[C@@H]1c2c(C(F)(F)F)nn(CC(=O)N[C@@H](Cc3cc(F)cc(F)c3)c3nc(C#CC(C)(C)S(C)(=O)=O)ccc3-c3ccc(Cl)c4c(N(C(=O)C[N+](C)(C)C)S(C)(=O)=O)nn(CC(F)(F)F)c34)c2C(F)(F)[C@@H]1C. The number of benzene rings is 2. The number of sulfone groups is 1. The standard InChI is InChI=1S/C45H45ClF10N8O6S2/c1-23-24(2)44(52,53)40-35(23)39(45(54,55)56)59-61(40)20-33(65)58-32(18-25-16-26(47)19-27(48)17-25)37-29(11-10-28(57-37)14-15-42(3,4)71(8,67)68)30-12-13-31(46)36-38(30)62(22-43(49,50)51)60-41(36)63(72(9,69)70)34(66)21-64(5,6)7/h10-13,16-17,19,23-24,32H,18,20-22H2,1-9H3/p+1/t23-,24+,32-/m0/s1. The first-order valence-electron chi connectivity index (χ1n) is 21.4. The molecular formula is C45H46ClF10N8O6S2+. The van der Waals surface area contributed by atoms with E-state index >= 15 is 8.78 Å². The quantitative estimate of drug-likeness (QED) is 0.0700. The third-order valence-electron chi connectivity index (χ3n) is 11.8. The lowest BCUT2D eigenvalue weighted by Gasteiger charge is -2.26. The Labute approximate surface area is 411 Å². The second-order valence-corrected chi connectivity index (χ2v) is 23.8. The van der Waals surface area contributed by atoms with Gasteiger partial charge in [0.25, 0.3) is 11.8 Å². The first-order valence-corrected chi connectivity index (χ1v) is 25.5. The Hall–Kier alpha value is -5.78. The van der Waals surface area contributed by atoms with Gasteiger partial charge in [-0.2, -0.15) is 49.6 Å². The van der Waals surface area contributed by atoms with Crippen LogP contribution in [0.2, 0.25) is 5.02 Å². The maximum atomic E-state index is 15.8. The zero-order chi connectivity index (χ0) is 54.2. The minimum Gasteiger partial charge on any atom is -0.346 e. The number of carbonyl (C=O) groups excluding carboxylic acids is 2. The molecular weight excluding hydrogens is 1040 g/mol. The maximum Gasteiger partial charge on any atom is 0.435 e. The first kappa shape index (κ1) is 55.5. The van der Waals surface area contributed by atoms with E-state index in [-0.39, 0.29) is 35.9 Å². The molecule has 0 radical (unpaired) electrons. The van der Waals surface area contributed by atoms with Crippen molar-refractivity contribution in [3.05, 3.63) is 93.0 Å². The number of hydrogen-bond acceptors (Lipinski definition) is 9. The number of anilines is 1. The van der Waals surface area contributed by atoms with Gasteiger partial charge in [0.15, 0.2) is 27.9 Å². The highest BCUT2D eigenvalue weighted by Crippen LogP contribution is 2.55. The number of carbonyl (C=O) groups is 2. The summed E-state index contributed by atoms with van der Waals surface area (Å²) in [5.74, 6) is -7.48. The van der Waals surface area contributed by atoms with Crippen LogP contribution in [0.15, 0.2) is 42.5 Å². The Morgan fingerprint density at radius 2 is 1.51 bits per heavy atom. The number of amides is 2. The van der Waals surface area contributed by atoms with Crippen LogP contribution in [0.25, 0.3) is 22.0 Å². The van der Waals surface area contributed by atoms with Crippen molar-refractivity contribution in [3.63, 3.8) is 0 Å². The predicted octanol–water partition coefficient (Wildman–Crippen LogP) is 7.93. The van der Waals surface area contributed by atoms with Gasteiger partial charge in [-0.05, 0) is 68.0 Å². The van der Waals surface area contributed by atoms with Crippen LogP contribution in [0.1, 0.15) is 73.6 Å². The summed E-state index contributed by atoms with van der Waals surface area (Å²) in [6.07, 6.45) is -9.56. The van der Waals surface area contributed by atoms with E-state index in [0.717, 1.165) is 44.4 Å². The van der Waals surface area contributed by atoms with E-state index in [1.165, 1.54) is 47.1 Å². The van der Waals surface area contributed by atoms with E-state index < -0.39 is 155 Å². The van der Waals surface area contributed by atoms with E-state index in [1.54, 1.807) is 0 Å². The number of likely N-dealkylation sites (N-methyl/N-ethyl adjacent to an activating group) is 1. The van der Waals surface area contributed by atoms with Gasteiger partial charge in [-0.25, -0.2) is 30.6 Å². The summed E-state index contributed by atoms with van der Waals surface area (Å²) in [5, 5.41) is 8.88. The van der Waals surface area contributed by atoms with Crippen LogP contribution in [0.4, 0.5) is 49.7 Å². The smallest absolute Gasteiger partial charge is 0.346 e. The number of halogens is 11. The molecule has 0 saturated carbocycles. The average Bonchev–Trinajstić information content (AvgIpc) is 3.81. The zero-order valence-corrected chi connectivity index (χ0v) is 42.0. The lowest BCUT2D eigenvalue weighted by molar-refractivity contribution is -0.862.